The molecule has 120 valence electrons. The summed E-state index contributed by atoms with van der Waals surface area (Å²) in [7, 11) is 0. The quantitative estimate of drug-likeness (QED) is 0.930. The molecule has 1 aromatic rings. The number of amides is 1. The Balaban J connectivity index is 1.86. The number of thiophene rings is 1. The van der Waals surface area contributed by atoms with Crippen LogP contribution in [0, 0.1) is 11.8 Å². The van der Waals surface area contributed by atoms with Crippen molar-refractivity contribution >= 4 is 23.2 Å². The van der Waals surface area contributed by atoms with Gasteiger partial charge in [0.25, 0.3) is 0 Å². The number of carboxylic acid groups (broad SMARTS) is 1. The first-order valence-corrected chi connectivity index (χ1v) is 8.99. The molecule has 4 nitrogen and oxygen atoms in total. The monoisotopic (exact) mass is 321 g/mol. The van der Waals surface area contributed by atoms with Gasteiger partial charge in [0.15, 0.2) is 0 Å². The molecule has 2 heterocycles. The lowest BCUT2D eigenvalue weighted by molar-refractivity contribution is -0.142. The van der Waals surface area contributed by atoms with Crippen LogP contribution in [0.5, 0.6) is 0 Å². The second-order valence-corrected chi connectivity index (χ2v) is 7.70. The van der Waals surface area contributed by atoms with E-state index in [9.17, 15) is 14.7 Å². The van der Waals surface area contributed by atoms with Crippen molar-refractivity contribution < 1.29 is 14.7 Å². The summed E-state index contributed by atoms with van der Waals surface area (Å²) in [5.41, 5.74) is -0.403. The van der Waals surface area contributed by atoms with Crippen molar-refractivity contribution in [2.75, 3.05) is 13.1 Å². The van der Waals surface area contributed by atoms with Crippen molar-refractivity contribution in [1.29, 1.82) is 0 Å². The van der Waals surface area contributed by atoms with E-state index in [4.69, 9.17) is 0 Å². The van der Waals surface area contributed by atoms with Crippen molar-refractivity contribution in [2.24, 2.45) is 11.8 Å². The van der Waals surface area contributed by atoms with Gasteiger partial charge in [0.1, 0.15) is 0 Å². The highest BCUT2D eigenvalue weighted by molar-refractivity contribution is 7.10. The lowest BCUT2D eigenvalue weighted by Crippen LogP contribution is -2.47. The Kier molecular flexibility index (Phi) is 4.26. The summed E-state index contributed by atoms with van der Waals surface area (Å²) in [6.07, 6.45) is 5.14. The normalized spacial score (nSPS) is 27.8. The molecule has 2 aliphatic rings. The highest BCUT2D eigenvalue weighted by Crippen LogP contribution is 2.44. The molecular formula is C17H23NO3S. The molecule has 1 aliphatic carbocycles. The van der Waals surface area contributed by atoms with E-state index in [1.165, 1.54) is 6.42 Å². The van der Waals surface area contributed by atoms with Gasteiger partial charge in [-0.05, 0) is 30.2 Å². The third-order valence-corrected chi connectivity index (χ3v) is 6.40. The molecule has 1 saturated carbocycles. The molecule has 1 aliphatic heterocycles. The SMILES string of the molecule is C[C@@H]1CN(C(=O)C2(c3cccs3)CCCCC2)C[C@H]1C(=O)O. The number of likely N-dealkylation sites (tertiary alicyclic amines) is 1. The third-order valence-electron chi connectivity index (χ3n) is 5.33. The van der Waals surface area contributed by atoms with Gasteiger partial charge in [-0.15, -0.1) is 11.3 Å². The minimum absolute atomic E-state index is 0.0328. The van der Waals surface area contributed by atoms with Gasteiger partial charge in [-0.3, -0.25) is 9.59 Å². The largest absolute Gasteiger partial charge is 0.481 e. The zero-order chi connectivity index (χ0) is 15.7. The Labute approximate surface area is 135 Å². The molecule has 2 atom stereocenters. The van der Waals surface area contributed by atoms with Crippen LogP contribution in [0.25, 0.3) is 0 Å². The van der Waals surface area contributed by atoms with Crippen LogP contribution in [0.1, 0.15) is 43.9 Å². The van der Waals surface area contributed by atoms with E-state index in [2.05, 4.69) is 6.07 Å². The van der Waals surface area contributed by atoms with Gasteiger partial charge in [0.2, 0.25) is 5.91 Å². The standard InChI is InChI=1S/C17H23NO3S/c1-12-10-18(11-13(12)15(19)20)16(21)17(7-3-2-4-8-17)14-6-5-9-22-14/h5-6,9,12-13H,2-4,7-8,10-11H2,1H3,(H,19,20)/t12-,13-/m1/s1. The van der Waals surface area contributed by atoms with E-state index >= 15 is 0 Å². The third kappa shape index (κ3) is 2.56. The molecule has 0 radical (unpaired) electrons. The Morgan fingerprint density at radius 3 is 2.55 bits per heavy atom. The predicted molar refractivity (Wildman–Crippen MR) is 86.0 cm³/mol. The summed E-state index contributed by atoms with van der Waals surface area (Å²) < 4.78 is 0. The van der Waals surface area contributed by atoms with Crippen LogP contribution >= 0.6 is 11.3 Å². The summed E-state index contributed by atoms with van der Waals surface area (Å²) in [5.74, 6) is -1.01. The average molecular weight is 321 g/mol. The minimum Gasteiger partial charge on any atom is -0.481 e. The van der Waals surface area contributed by atoms with Gasteiger partial charge in [0, 0.05) is 18.0 Å². The number of nitrogens with zero attached hydrogens (tertiary/aromatic N) is 1. The maximum atomic E-state index is 13.3. The van der Waals surface area contributed by atoms with Crippen molar-refractivity contribution in [3.05, 3.63) is 22.4 Å². The van der Waals surface area contributed by atoms with Crippen molar-refractivity contribution in [1.82, 2.24) is 4.90 Å². The van der Waals surface area contributed by atoms with E-state index in [1.807, 2.05) is 23.3 Å². The fraction of sp³-hybridized carbons (Fsp3) is 0.647. The summed E-state index contributed by atoms with van der Waals surface area (Å²) >= 11 is 1.66. The number of carboxylic acids is 1. The van der Waals surface area contributed by atoms with Gasteiger partial charge in [-0.2, -0.15) is 0 Å². The van der Waals surface area contributed by atoms with Crippen LogP contribution in [0.15, 0.2) is 17.5 Å². The molecular weight excluding hydrogens is 298 g/mol. The maximum absolute atomic E-state index is 13.3. The van der Waals surface area contributed by atoms with Gasteiger partial charge >= 0.3 is 5.97 Å². The molecule has 1 saturated heterocycles. The van der Waals surface area contributed by atoms with Crippen LogP contribution in [0.3, 0.4) is 0 Å². The van der Waals surface area contributed by atoms with Crippen LogP contribution in [0.4, 0.5) is 0 Å². The van der Waals surface area contributed by atoms with Crippen LogP contribution in [-0.2, 0) is 15.0 Å². The molecule has 22 heavy (non-hydrogen) atoms. The van der Waals surface area contributed by atoms with E-state index in [-0.39, 0.29) is 11.8 Å². The summed E-state index contributed by atoms with van der Waals surface area (Å²) in [4.78, 5) is 27.6. The van der Waals surface area contributed by atoms with Crippen LogP contribution in [-0.4, -0.2) is 35.0 Å². The predicted octanol–water partition coefficient (Wildman–Crippen LogP) is 3.13. The second-order valence-electron chi connectivity index (χ2n) is 6.75. The maximum Gasteiger partial charge on any atom is 0.308 e. The average Bonchev–Trinajstić information content (AvgIpc) is 3.16. The Morgan fingerprint density at radius 1 is 1.27 bits per heavy atom. The fourth-order valence-electron chi connectivity index (χ4n) is 4.03. The number of carbonyl (C=O) groups is 2. The molecule has 2 fully saturated rings. The Morgan fingerprint density at radius 2 is 2.00 bits per heavy atom. The number of hydrogen-bond donors (Lipinski definition) is 1. The van der Waals surface area contributed by atoms with Crippen molar-refractivity contribution in [3.8, 4) is 0 Å². The molecule has 0 bridgehead atoms. The molecule has 1 N–H and O–H groups in total. The minimum atomic E-state index is -0.781. The smallest absolute Gasteiger partial charge is 0.308 e. The first-order valence-electron chi connectivity index (χ1n) is 8.11. The number of aliphatic carboxylic acids is 1. The summed E-state index contributed by atoms with van der Waals surface area (Å²) in [6, 6.07) is 4.08. The topological polar surface area (TPSA) is 57.6 Å². The van der Waals surface area contributed by atoms with Gasteiger partial charge < -0.3 is 10.0 Å². The second kappa shape index (κ2) is 6.03. The van der Waals surface area contributed by atoms with E-state index < -0.39 is 17.3 Å². The number of hydrogen-bond acceptors (Lipinski definition) is 3. The molecule has 3 rings (SSSR count). The highest BCUT2D eigenvalue weighted by atomic mass is 32.1. The van der Waals surface area contributed by atoms with Gasteiger partial charge in [-0.1, -0.05) is 32.3 Å². The number of carbonyl (C=O) groups excluding carboxylic acids is 1. The molecule has 0 aromatic carbocycles. The molecule has 1 aromatic heterocycles. The highest BCUT2D eigenvalue weighted by Gasteiger charge is 2.47. The van der Waals surface area contributed by atoms with Crippen LogP contribution < -0.4 is 0 Å². The first-order chi connectivity index (χ1) is 10.5. The zero-order valence-electron chi connectivity index (χ0n) is 13.0. The van der Waals surface area contributed by atoms with E-state index in [1.54, 1.807) is 11.3 Å². The van der Waals surface area contributed by atoms with E-state index in [0.717, 1.165) is 30.6 Å². The molecule has 1 amide bonds. The van der Waals surface area contributed by atoms with Crippen molar-refractivity contribution in [2.45, 2.75) is 44.4 Å². The van der Waals surface area contributed by atoms with Gasteiger partial charge in [-0.25, -0.2) is 0 Å². The summed E-state index contributed by atoms with van der Waals surface area (Å²) in [5, 5.41) is 11.3. The van der Waals surface area contributed by atoms with Crippen molar-refractivity contribution in [3.63, 3.8) is 0 Å². The summed E-state index contributed by atoms with van der Waals surface area (Å²) in [6.45, 7) is 2.87. The molecule has 0 spiro atoms. The fourth-order valence-corrected chi connectivity index (χ4v) is 5.01. The number of rotatable bonds is 3. The lowest BCUT2D eigenvalue weighted by atomic mass is 9.72. The van der Waals surface area contributed by atoms with Gasteiger partial charge in [0.05, 0.1) is 11.3 Å². The molecule has 0 unspecified atom stereocenters. The van der Waals surface area contributed by atoms with E-state index in [0.29, 0.717) is 13.1 Å². The van der Waals surface area contributed by atoms with Crippen LogP contribution in [0.2, 0.25) is 0 Å². The Bertz CT molecular complexity index is 548. The first kappa shape index (κ1) is 15.5. The molecule has 5 heteroatoms. The Hall–Kier alpha value is -1.36. The zero-order valence-corrected chi connectivity index (χ0v) is 13.8. The lowest BCUT2D eigenvalue weighted by Gasteiger charge is -2.38.